The molecule has 1 amide bonds. The van der Waals surface area contributed by atoms with Crippen molar-refractivity contribution in [2.45, 2.75) is 55.8 Å². The smallest absolute Gasteiger partial charge is 0.338 e. The average Bonchev–Trinajstić information content (AvgIpc) is 3.69. The molecule has 1 aliphatic carbocycles. The number of nitrogens with one attached hydrogen (secondary N) is 1. The lowest BCUT2D eigenvalue weighted by molar-refractivity contribution is -0.528. The Balaban J connectivity index is 1.51. The van der Waals surface area contributed by atoms with Crippen LogP contribution in [0, 0.1) is 16.0 Å². The van der Waals surface area contributed by atoms with Gasteiger partial charge in [0.25, 0.3) is 5.91 Å². The molecule has 3 aliphatic rings. The van der Waals surface area contributed by atoms with Crippen LogP contribution < -0.4 is 5.32 Å². The van der Waals surface area contributed by atoms with Gasteiger partial charge in [0.15, 0.2) is 0 Å². The highest BCUT2D eigenvalue weighted by atomic mass is 35.5. The van der Waals surface area contributed by atoms with Crippen LogP contribution in [0.3, 0.4) is 0 Å². The third-order valence-electron chi connectivity index (χ3n) is 8.88. The first-order valence-electron chi connectivity index (χ1n) is 14.4. The number of hydrogen-bond acceptors (Lipinski definition) is 7. The first-order valence-corrected chi connectivity index (χ1v) is 15.1. The zero-order chi connectivity index (χ0) is 30.5. The second kappa shape index (κ2) is 11.5. The van der Waals surface area contributed by atoms with Gasteiger partial charge in [0.05, 0.1) is 30.2 Å². The molecule has 6 rings (SSSR count). The van der Waals surface area contributed by atoms with Crippen LogP contribution >= 0.6 is 23.2 Å². The number of fused-ring (bicyclic) bond motifs is 2. The molecule has 2 N–H and O–H groups in total. The second-order valence-corrected chi connectivity index (χ2v) is 12.4. The fourth-order valence-electron chi connectivity index (χ4n) is 6.96. The van der Waals surface area contributed by atoms with Crippen LogP contribution in [-0.4, -0.2) is 52.0 Å². The van der Waals surface area contributed by atoms with Crippen molar-refractivity contribution >= 4 is 40.8 Å². The van der Waals surface area contributed by atoms with E-state index in [1.807, 2.05) is 4.90 Å². The number of carbonyl (C=O) groups excluding carboxylic acids is 2. The third-order valence-corrected chi connectivity index (χ3v) is 9.35. The van der Waals surface area contributed by atoms with Gasteiger partial charge in [0.2, 0.25) is 6.04 Å². The highest BCUT2D eigenvalue weighted by Crippen LogP contribution is 2.59. The molecule has 3 aromatic rings. The predicted octanol–water partition coefficient (Wildman–Crippen LogP) is 5.96. The van der Waals surface area contributed by atoms with Gasteiger partial charge in [-0.2, -0.15) is 0 Å². The first kappa shape index (κ1) is 29.6. The van der Waals surface area contributed by atoms with Crippen LogP contribution in [0.4, 0.5) is 5.69 Å². The number of ether oxygens (including phenoxy) is 1. The molecule has 2 heterocycles. The third kappa shape index (κ3) is 5.18. The molecule has 1 saturated carbocycles. The van der Waals surface area contributed by atoms with E-state index in [-0.39, 0.29) is 35.3 Å². The highest BCUT2D eigenvalue weighted by Gasteiger charge is 2.71. The average molecular weight is 625 g/mol. The van der Waals surface area contributed by atoms with Crippen molar-refractivity contribution in [1.82, 2.24) is 4.90 Å². The largest absolute Gasteiger partial charge is 0.462 e. The lowest BCUT2D eigenvalue weighted by Crippen LogP contribution is -2.52. The molecule has 0 unspecified atom stereocenters. The lowest BCUT2D eigenvalue weighted by atomic mass is 9.73. The highest BCUT2D eigenvalue weighted by molar-refractivity contribution is 6.31. The van der Waals surface area contributed by atoms with Crippen molar-refractivity contribution < 1.29 is 24.4 Å². The van der Waals surface area contributed by atoms with E-state index >= 15 is 0 Å². The number of rotatable bonds is 9. The van der Waals surface area contributed by atoms with Gasteiger partial charge in [-0.1, -0.05) is 53.5 Å². The fourth-order valence-corrected chi connectivity index (χ4v) is 7.33. The summed E-state index contributed by atoms with van der Waals surface area (Å²) in [5.41, 5.74) is 0.954. The number of carbonyl (C=O) groups is 2. The van der Waals surface area contributed by atoms with Gasteiger partial charge in [0.1, 0.15) is 5.54 Å². The molecule has 1 spiro atoms. The fraction of sp³-hybridized carbons (Fsp3) is 0.375. The zero-order valence-corrected chi connectivity index (χ0v) is 24.9. The van der Waals surface area contributed by atoms with E-state index in [2.05, 4.69) is 5.32 Å². The summed E-state index contributed by atoms with van der Waals surface area (Å²) in [7, 11) is 0. The van der Waals surface area contributed by atoms with Crippen molar-refractivity contribution in [2.75, 3.05) is 18.5 Å². The van der Waals surface area contributed by atoms with Crippen LogP contribution in [0.1, 0.15) is 65.3 Å². The van der Waals surface area contributed by atoms with E-state index < -0.39 is 35.6 Å². The summed E-state index contributed by atoms with van der Waals surface area (Å²) in [6.07, 6.45) is 0.694. The normalized spacial score (nSPS) is 25.4. The Morgan fingerprint density at radius 3 is 2.58 bits per heavy atom. The molecule has 2 fully saturated rings. The Bertz CT molecular complexity index is 1600. The number of anilines is 1. The molecule has 0 bridgehead atoms. The van der Waals surface area contributed by atoms with Gasteiger partial charge >= 0.3 is 5.97 Å². The Labute approximate surface area is 258 Å². The SMILES string of the molecule is CCOC(=O)c1cccc([C@H](O)C[C@H]2[C@@H]([N+](=O)[O-])[C@H](c3cccc(Cl)c3)[C@]3(C(=O)Nc4cc(Cl)ccc43)N2CC2CC2)c1. The Morgan fingerprint density at radius 2 is 1.88 bits per heavy atom. The maximum absolute atomic E-state index is 14.3. The number of aliphatic hydroxyl groups is 1. The van der Waals surface area contributed by atoms with Crippen LogP contribution in [0.15, 0.2) is 66.7 Å². The molecule has 2 aliphatic heterocycles. The number of hydrogen-bond donors (Lipinski definition) is 2. The van der Waals surface area contributed by atoms with Crippen LogP contribution in [0.5, 0.6) is 0 Å². The van der Waals surface area contributed by atoms with Gasteiger partial charge in [0, 0.05) is 32.8 Å². The maximum atomic E-state index is 14.3. The molecular weight excluding hydrogens is 593 g/mol. The Hall–Kier alpha value is -3.50. The summed E-state index contributed by atoms with van der Waals surface area (Å²) >= 11 is 12.7. The Kier molecular flexibility index (Phi) is 7.93. The molecule has 224 valence electrons. The van der Waals surface area contributed by atoms with E-state index in [1.165, 1.54) is 0 Å². The molecule has 3 aromatic carbocycles. The van der Waals surface area contributed by atoms with E-state index in [4.69, 9.17) is 27.9 Å². The number of aliphatic hydroxyl groups excluding tert-OH is 1. The number of likely N-dealkylation sites (tertiary alicyclic amines) is 1. The standard InChI is InChI=1S/C32H31Cl2N3O6/c1-2-43-30(39)21-7-3-5-19(13-21)27(38)16-26-29(37(41)42)28(20-6-4-8-22(33)14-20)32(36(26)17-18-9-10-18)24-12-11-23(34)15-25(24)35-31(32)40/h3-8,11-15,18,26-29,38H,2,9-10,16-17H2,1H3,(H,35,40)/t26-,27+,28-,29+,32+/m0/s1. The van der Waals surface area contributed by atoms with Crippen molar-refractivity contribution in [1.29, 1.82) is 0 Å². The Morgan fingerprint density at radius 1 is 1.14 bits per heavy atom. The van der Waals surface area contributed by atoms with Crippen LogP contribution in [0.2, 0.25) is 10.0 Å². The summed E-state index contributed by atoms with van der Waals surface area (Å²) in [5, 5.41) is 28.5. The summed E-state index contributed by atoms with van der Waals surface area (Å²) in [5.74, 6) is -1.55. The molecule has 5 atom stereocenters. The van der Waals surface area contributed by atoms with Gasteiger partial charge < -0.3 is 15.2 Å². The number of nitrogens with zero attached hydrogens (tertiary/aromatic N) is 2. The minimum Gasteiger partial charge on any atom is -0.462 e. The van der Waals surface area contributed by atoms with E-state index in [0.29, 0.717) is 39.0 Å². The number of halogens is 2. The molecule has 9 nitrogen and oxygen atoms in total. The van der Waals surface area contributed by atoms with Gasteiger partial charge in [-0.15, -0.1) is 0 Å². The number of amides is 1. The quantitative estimate of drug-likeness (QED) is 0.171. The minimum atomic E-state index is -1.44. The van der Waals surface area contributed by atoms with Crippen LogP contribution in [-0.2, 0) is 15.1 Å². The first-order chi connectivity index (χ1) is 20.6. The monoisotopic (exact) mass is 623 g/mol. The lowest BCUT2D eigenvalue weighted by Gasteiger charge is -2.39. The van der Waals surface area contributed by atoms with E-state index in [9.17, 15) is 24.8 Å². The number of nitro groups is 1. The predicted molar refractivity (Wildman–Crippen MR) is 162 cm³/mol. The minimum absolute atomic E-state index is 0.0420. The second-order valence-electron chi connectivity index (χ2n) is 11.5. The topological polar surface area (TPSA) is 122 Å². The number of benzene rings is 3. The molecule has 11 heteroatoms. The van der Waals surface area contributed by atoms with E-state index in [0.717, 1.165) is 12.8 Å². The molecule has 1 saturated heterocycles. The molecular formula is C32H31Cl2N3O6. The summed E-state index contributed by atoms with van der Waals surface area (Å²) in [6, 6.07) is 16.4. The summed E-state index contributed by atoms with van der Waals surface area (Å²) in [6.45, 7) is 2.35. The zero-order valence-electron chi connectivity index (χ0n) is 23.4. The van der Waals surface area contributed by atoms with E-state index in [1.54, 1.807) is 73.7 Å². The summed E-state index contributed by atoms with van der Waals surface area (Å²) < 4.78 is 5.12. The van der Waals surface area contributed by atoms with Crippen molar-refractivity contribution in [3.05, 3.63) is 109 Å². The summed E-state index contributed by atoms with van der Waals surface area (Å²) in [4.78, 5) is 41.5. The van der Waals surface area contributed by atoms with Crippen molar-refractivity contribution in [3.8, 4) is 0 Å². The maximum Gasteiger partial charge on any atom is 0.338 e. The van der Waals surface area contributed by atoms with Gasteiger partial charge in [-0.3, -0.25) is 19.8 Å². The van der Waals surface area contributed by atoms with Gasteiger partial charge in [-0.05, 0) is 79.6 Å². The van der Waals surface area contributed by atoms with Crippen molar-refractivity contribution in [3.63, 3.8) is 0 Å². The van der Waals surface area contributed by atoms with Crippen LogP contribution in [0.25, 0.3) is 0 Å². The molecule has 43 heavy (non-hydrogen) atoms. The van der Waals surface area contributed by atoms with Gasteiger partial charge in [-0.25, -0.2) is 4.79 Å². The number of esters is 1. The van der Waals surface area contributed by atoms with Crippen molar-refractivity contribution in [2.24, 2.45) is 5.92 Å². The molecule has 0 aromatic heterocycles. The molecule has 0 radical (unpaired) electrons.